The number of nitrogens with zero attached hydrogens (tertiary/aromatic N) is 6. The zero-order chi connectivity index (χ0) is 23.2. The van der Waals surface area contributed by atoms with Crippen LogP contribution in [0.2, 0.25) is 0 Å². The number of pyridine rings is 1. The topological polar surface area (TPSA) is 59.7 Å². The minimum Gasteiger partial charge on any atom is -0.355 e. The van der Waals surface area contributed by atoms with Crippen LogP contribution in [0.1, 0.15) is 18.4 Å². The van der Waals surface area contributed by atoms with E-state index in [0.717, 1.165) is 17.7 Å². The van der Waals surface area contributed by atoms with E-state index in [-0.39, 0.29) is 12.8 Å². The first-order valence-corrected chi connectivity index (χ1v) is 10.5. The van der Waals surface area contributed by atoms with Gasteiger partial charge in [0.05, 0.1) is 23.5 Å². The van der Waals surface area contributed by atoms with Gasteiger partial charge in [0.25, 0.3) is 5.92 Å². The third-order valence-electron chi connectivity index (χ3n) is 6.02. The van der Waals surface area contributed by atoms with Crippen LogP contribution >= 0.6 is 0 Å². The largest absolute Gasteiger partial charge is 0.355 e. The molecule has 1 saturated heterocycles. The minimum absolute atomic E-state index is 0.117. The Hall–Kier alpha value is -3.56. The number of rotatable bonds is 4. The number of alkyl halides is 2. The van der Waals surface area contributed by atoms with E-state index in [2.05, 4.69) is 10.1 Å². The van der Waals surface area contributed by atoms with Gasteiger partial charge in [-0.15, -0.1) is 0 Å². The highest BCUT2D eigenvalue weighted by Crippen LogP contribution is 2.43. The predicted octanol–water partition coefficient (Wildman–Crippen LogP) is 4.71. The van der Waals surface area contributed by atoms with E-state index in [1.807, 2.05) is 11.1 Å². The maximum atomic E-state index is 15.1. The lowest BCUT2D eigenvalue weighted by Crippen LogP contribution is -2.40. The Balaban J connectivity index is 1.44. The molecule has 4 aromatic rings. The number of halogens is 4. The van der Waals surface area contributed by atoms with Crippen LogP contribution in [0.15, 0.2) is 49.1 Å². The molecule has 0 amide bonds. The van der Waals surface area contributed by atoms with E-state index < -0.39 is 29.0 Å². The van der Waals surface area contributed by atoms with Crippen molar-refractivity contribution in [1.82, 2.24) is 24.7 Å². The van der Waals surface area contributed by atoms with E-state index in [9.17, 15) is 8.78 Å². The van der Waals surface area contributed by atoms with E-state index >= 15 is 8.78 Å². The summed E-state index contributed by atoms with van der Waals surface area (Å²) in [5.41, 5.74) is 1.85. The van der Waals surface area contributed by atoms with Crippen LogP contribution in [-0.2, 0) is 13.0 Å². The van der Waals surface area contributed by atoms with Gasteiger partial charge in [0.2, 0.25) is 0 Å². The first-order valence-electron chi connectivity index (χ1n) is 10.5. The van der Waals surface area contributed by atoms with Gasteiger partial charge in [0, 0.05) is 50.1 Å². The molecule has 170 valence electrons. The molecule has 3 aromatic heterocycles. The number of anilines is 1. The van der Waals surface area contributed by atoms with E-state index in [4.69, 9.17) is 9.97 Å². The molecule has 0 radical (unpaired) electrons. The number of aryl methyl sites for hydroxylation is 1. The molecule has 1 aromatic carbocycles. The van der Waals surface area contributed by atoms with Crippen molar-refractivity contribution >= 4 is 16.9 Å². The van der Waals surface area contributed by atoms with E-state index in [0.29, 0.717) is 41.7 Å². The molecule has 0 atom stereocenters. The van der Waals surface area contributed by atoms with Crippen molar-refractivity contribution in [2.24, 2.45) is 13.0 Å². The molecule has 0 spiro atoms. The van der Waals surface area contributed by atoms with E-state index in [1.165, 1.54) is 0 Å². The molecule has 1 fully saturated rings. The molecule has 0 bridgehead atoms. The third kappa shape index (κ3) is 3.90. The molecular weight excluding hydrogens is 436 g/mol. The van der Waals surface area contributed by atoms with Crippen molar-refractivity contribution in [2.75, 3.05) is 18.0 Å². The SMILES string of the molecule is Cn1cc(-c2nc3cnccc3nc2N2CCC(C(F)(F)c3ccc(F)cc3F)CC2)cn1. The van der Waals surface area contributed by atoms with Crippen LogP contribution in [-0.4, -0.2) is 37.8 Å². The lowest BCUT2D eigenvalue weighted by molar-refractivity contribution is -0.0761. The average molecular weight is 456 g/mol. The Morgan fingerprint density at radius 2 is 1.79 bits per heavy atom. The maximum Gasteiger partial charge on any atom is 0.278 e. The molecule has 4 heterocycles. The Morgan fingerprint density at radius 3 is 2.48 bits per heavy atom. The summed E-state index contributed by atoms with van der Waals surface area (Å²) in [5, 5.41) is 4.21. The number of hydrogen-bond acceptors (Lipinski definition) is 5. The molecule has 6 nitrogen and oxygen atoms in total. The zero-order valence-electron chi connectivity index (χ0n) is 17.7. The van der Waals surface area contributed by atoms with Gasteiger partial charge in [-0.1, -0.05) is 0 Å². The van der Waals surface area contributed by atoms with Crippen LogP contribution in [0.3, 0.4) is 0 Å². The lowest BCUT2D eigenvalue weighted by Gasteiger charge is -2.37. The first kappa shape index (κ1) is 21.3. The molecule has 0 unspecified atom stereocenters. The molecule has 10 heteroatoms. The van der Waals surface area contributed by atoms with Gasteiger partial charge < -0.3 is 4.90 Å². The van der Waals surface area contributed by atoms with E-state index in [1.54, 1.807) is 36.4 Å². The average Bonchev–Trinajstić information content (AvgIpc) is 3.24. The highest BCUT2D eigenvalue weighted by Gasteiger charge is 2.44. The summed E-state index contributed by atoms with van der Waals surface area (Å²) < 4.78 is 59.1. The fourth-order valence-corrected chi connectivity index (χ4v) is 4.29. The van der Waals surface area contributed by atoms with Crippen LogP contribution in [0, 0.1) is 17.6 Å². The van der Waals surface area contributed by atoms with Crippen molar-refractivity contribution in [2.45, 2.75) is 18.8 Å². The summed E-state index contributed by atoms with van der Waals surface area (Å²) in [6.45, 7) is 0.587. The van der Waals surface area contributed by atoms with Gasteiger partial charge >= 0.3 is 0 Å². The van der Waals surface area contributed by atoms with Gasteiger partial charge in [-0.05, 0) is 31.0 Å². The molecule has 33 heavy (non-hydrogen) atoms. The van der Waals surface area contributed by atoms with Crippen molar-refractivity contribution < 1.29 is 17.6 Å². The molecule has 5 rings (SSSR count). The minimum atomic E-state index is -3.41. The zero-order valence-corrected chi connectivity index (χ0v) is 17.7. The Labute approximate surface area is 186 Å². The summed E-state index contributed by atoms with van der Waals surface area (Å²) >= 11 is 0. The van der Waals surface area contributed by atoms with Crippen molar-refractivity contribution in [3.8, 4) is 11.3 Å². The highest BCUT2D eigenvalue weighted by molar-refractivity contribution is 5.82. The van der Waals surface area contributed by atoms with Gasteiger partial charge in [-0.25, -0.2) is 27.5 Å². The summed E-state index contributed by atoms with van der Waals surface area (Å²) in [5.74, 6) is -6.01. The maximum absolute atomic E-state index is 15.1. The number of benzene rings is 1. The molecule has 0 N–H and O–H groups in total. The van der Waals surface area contributed by atoms with Gasteiger partial charge in [-0.3, -0.25) is 9.67 Å². The van der Waals surface area contributed by atoms with Crippen molar-refractivity contribution in [3.63, 3.8) is 0 Å². The standard InChI is InChI=1S/C23H20F4N6/c1-32-13-14(11-29-32)21-22(31-19-4-7-28-12-20(19)30-21)33-8-5-15(6-9-33)23(26,27)17-3-2-16(24)10-18(17)25/h2-4,7,10-13,15H,5-6,8-9H2,1H3. The molecule has 1 aliphatic heterocycles. The quantitative estimate of drug-likeness (QED) is 0.416. The van der Waals surface area contributed by atoms with Crippen LogP contribution in [0.25, 0.3) is 22.3 Å². The van der Waals surface area contributed by atoms with Crippen LogP contribution < -0.4 is 4.90 Å². The Morgan fingerprint density at radius 1 is 1.00 bits per heavy atom. The summed E-state index contributed by atoms with van der Waals surface area (Å²) in [7, 11) is 1.79. The predicted molar refractivity (Wildman–Crippen MR) is 115 cm³/mol. The normalized spacial score (nSPS) is 15.4. The fraction of sp³-hybridized carbons (Fsp3) is 0.304. The number of fused-ring (bicyclic) bond motifs is 1. The van der Waals surface area contributed by atoms with Gasteiger partial charge in [-0.2, -0.15) is 5.10 Å². The molecular formula is C23H20F4N6. The first-order chi connectivity index (χ1) is 15.8. The number of hydrogen-bond donors (Lipinski definition) is 0. The van der Waals surface area contributed by atoms with Crippen molar-refractivity contribution in [3.05, 3.63) is 66.3 Å². The summed E-state index contributed by atoms with van der Waals surface area (Å²) in [6.07, 6.45) is 6.96. The second-order valence-corrected chi connectivity index (χ2v) is 8.17. The smallest absolute Gasteiger partial charge is 0.278 e. The second-order valence-electron chi connectivity index (χ2n) is 8.17. The Kier molecular flexibility index (Phi) is 5.22. The lowest BCUT2D eigenvalue weighted by atomic mass is 9.86. The summed E-state index contributed by atoms with van der Waals surface area (Å²) in [4.78, 5) is 15.5. The van der Waals surface area contributed by atoms with Crippen molar-refractivity contribution in [1.29, 1.82) is 0 Å². The second kappa shape index (κ2) is 8.09. The van der Waals surface area contributed by atoms with Crippen LogP contribution in [0.4, 0.5) is 23.4 Å². The van der Waals surface area contributed by atoms with Gasteiger partial charge in [0.1, 0.15) is 22.8 Å². The monoisotopic (exact) mass is 456 g/mol. The molecule has 0 aliphatic carbocycles. The summed E-state index contributed by atoms with van der Waals surface area (Å²) in [6, 6.07) is 3.94. The highest BCUT2D eigenvalue weighted by atomic mass is 19.3. The van der Waals surface area contributed by atoms with Crippen LogP contribution in [0.5, 0.6) is 0 Å². The third-order valence-corrected chi connectivity index (χ3v) is 6.02. The fourth-order valence-electron chi connectivity index (χ4n) is 4.29. The Bertz CT molecular complexity index is 1310. The molecule has 1 aliphatic rings. The number of piperidine rings is 1. The number of aromatic nitrogens is 5. The van der Waals surface area contributed by atoms with Gasteiger partial charge in [0.15, 0.2) is 5.82 Å². The molecule has 0 saturated carbocycles.